The van der Waals surface area contributed by atoms with E-state index in [1.54, 1.807) is 0 Å². The maximum Gasteiger partial charge on any atom is 0.269 e. The first kappa shape index (κ1) is 17.4. The molecular weight excluding hydrogens is 340 g/mol. The number of nitro benzene ring substituents is 1. The molecule has 0 unspecified atom stereocenters. The van der Waals surface area contributed by atoms with Gasteiger partial charge in [0.2, 0.25) is 0 Å². The smallest absolute Gasteiger partial charge is 0.269 e. The van der Waals surface area contributed by atoms with Crippen LogP contribution >= 0.6 is 0 Å². The summed E-state index contributed by atoms with van der Waals surface area (Å²) in [5.74, 6) is -1.28. The van der Waals surface area contributed by atoms with Crippen molar-refractivity contribution in [2.45, 2.75) is 0 Å². The summed E-state index contributed by atoms with van der Waals surface area (Å²) in [7, 11) is 1.47. The van der Waals surface area contributed by atoms with Gasteiger partial charge < -0.3 is 4.74 Å². The van der Waals surface area contributed by atoms with Crippen LogP contribution in [0.5, 0.6) is 0 Å². The summed E-state index contributed by atoms with van der Waals surface area (Å²) in [5.41, 5.74) is 0.770. The average Bonchev–Trinajstić information content (AvgIpc) is 2.89. The number of benzene rings is 2. The Morgan fingerprint density at radius 3 is 2.27 bits per heavy atom. The van der Waals surface area contributed by atoms with Crippen molar-refractivity contribution in [2.75, 3.05) is 20.3 Å². The van der Waals surface area contributed by atoms with Gasteiger partial charge in [-0.15, -0.1) is 0 Å². The lowest BCUT2D eigenvalue weighted by molar-refractivity contribution is -0.384. The molecule has 0 bridgehead atoms. The van der Waals surface area contributed by atoms with Crippen molar-refractivity contribution in [3.05, 3.63) is 74.8 Å². The largest absolute Gasteiger partial charge is 0.383 e. The molecule has 26 heavy (non-hydrogen) atoms. The predicted octanol–water partition coefficient (Wildman–Crippen LogP) is 2.07. The highest BCUT2D eigenvalue weighted by molar-refractivity contribution is 6.22. The number of ketones is 1. The van der Waals surface area contributed by atoms with Crippen LogP contribution in [-0.2, 0) is 4.74 Å². The van der Waals surface area contributed by atoms with E-state index in [2.05, 4.69) is 0 Å². The molecule has 2 aromatic rings. The summed E-state index contributed by atoms with van der Waals surface area (Å²) >= 11 is 0. The van der Waals surface area contributed by atoms with Gasteiger partial charge in [-0.1, -0.05) is 6.07 Å². The monoisotopic (exact) mass is 354 g/mol. The number of hydrogen-bond donors (Lipinski definition) is 0. The molecule has 132 valence electrons. The van der Waals surface area contributed by atoms with E-state index in [0.29, 0.717) is 0 Å². The number of ether oxygens (including phenoxy) is 1. The second-order valence-corrected chi connectivity index (χ2v) is 5.65. The van der Waals surface area contributed by atoms with Gasteiger partial charge in [0.05, 0.1) is 29.2 Å². The van der Waals surface area contributed by atoms with Gasteiger partial charge in [-0.2, -0.15) is 0 Å². The number of non-ortho nitro benzene ring substituents is 1. The van der Waals surface area contributed by atoms with Crippen molar-refractivity contribution in [3.8, 4) is 0 Å². The predicted molar refractivity (Wildman–Crippen MR) is 90.2 cm³/mol. The number of hydrogen-bond acceptors (Lipinski definition) is 6. The summed E-state index contributed by atoms with van der Waals surface area (Å²) < 4.78 is 4.90. The molecule has 0 aromatic heterocycles. The molecule has 2 amide bonds. The van der Waals surface area contributed by atoms with E-state index in [9.17, 15) is 24.5 Å². The molecule has 3 rings (SSSR count). The van der Waals surface area contributed by atoms with Gasteiger partial charge in [-0.3, -0.25) is 29.4 Å². The normalized spacial score (nSPS) is 13.0. The van der Waals surface area contributed by atoms with Crippen LogP contribution in [0.3, 0.4) is 0 Å². The summed E-state index contributed by atoms with van der Waals surface area (Å²) in [6, 6.07) is 9.47. The number of carbonyl (C=O) groups excluding carboxylic acids is 3. The maximum absolute atomic E-state index is 12.6. The van der Waals surface area contributed by atoms with Crippen molar-refractivity contribution < 1.29 is 24.0 Å². The van der Waals surface area contributed by atoms with Crippen LogP contribution < -0.4 is 0 Å². The van der Waals surface area contributed by atoms with Crippen LogP contribution in [0.25, 0.3) is 0 Å². The second kappa shape index (κ2) is 6.85. The van der Waals surface area contributed by atoms with Crippen LogP contribution in [0.15, 0.2) is 42.5 Å². The quantitative estimate of drug-likeness (QED) is 0.340. The third kappa shape index (κ3) is 2.98. The Bertz CT molecular complexity index is 920. The van der Waals surface area contributed by atoms with Gasteiger partial charge in [0.15, 0.2) is 5.78 Å². The summed E-state index contributed by atoms with van der Waals surface area (Å²) in [4.78, 5) is 48.5. The molecule has 1 heterocycles. The van der Waals surface area contributed by atoms with Crippen LogP contribution in [0.1, 0.15) is 36.6 Å². The fourth-order valence-electron chi connectivity index (χ4n) is 2.72. The number of nitrogens with zero attached hydrogens (tertiary/aromatic N) is 2. The van der Waals surface area contributed by atoms with Gasteiger partial charge in [0.1, 0.15) is 0 Å². The molecule has 0 aliphatic carbocycles. The molecule has 0 atom stereocenters. The zero-order valence-electron chi connectivity index (χ0n) is 13.8. The van der Waals surface area contributed by atoms with E-state index in [-0.39, 0.29) is 41.1 Å². The number of carbonyl (C=O) groups is 3. The number of rotatable bonds is 6. The first-order valence-electron chi connectivity index (χ1n) is 7.72. The van der Waals surface area contributed by atoms with Gasteiger partial charge in [0.25, 0.3) is 17.5 Å². The van der Waals surface area contributed by atoms with Crippen LogP contribution in [-0.4, -0.2) is 47.7 Å². The minimum absolute atomic E-state index is 0.120. The Kier molecular flexibility index (Phi) is 4.59. The van der Waals surface area contributed by atoms with Crippen molar-refractivity contribution >= 4 is 23.3 Å². The van der Waals surface area contributed by atoms with Gasteiger partial charge in [-0.25, -0.2) is 0 Å². The molecule has 2 aromatic carbocycles. The number of imide groups is 1. The molecule has 0 N–H and O–H groups in total. The number of nitro groups is 1. The van der Waals surface area contributed by atoms with E-state index in [1.807, 2.05) is 0 Å². The topological polar surface area (TPSA) is 107 Å². The third-order valence-corrected chi connectivity index (χ3v) is 4.09. The first-order chi connectivity index (χ1) is 12.4. The SMILES string of the molecule is COCCN1C(=O)c2ccc(C(=O)c3ccc([N+](=O)[O-])cc3)cc2C1=O. The molecule has 0 saturated heterocycles. The lowest BCUT2D eigenvalue weighted by Gasteiger charge is -2.12. The molecule has 1 aliphatic rings. The molecule has 1 aliphatic heterocycles. The second-order valence-electron chi connectivity index (χ2n) is 5.65. The Hall–Kier alpha value is -3.39. The van der Waals surface area contributed by atoms with Crippen molar-refractivity contribution in [3.63, 3.8) is 0 Å². The highest BCUT2D eigenvalue weighted by Gasteiger charge is 2.35. The van der Waals surface area contributed by atoms with Crippen molar-refractivity contribution in [1.29, 1.82) is 0 Å². The van der Waals surface area contributed by atoms with E-state index in [4.69, 9.17) is 4.74 Å². The minimum Gasteiger partial charge on any atom is -0.383 e. The molecule has 0 fully saturated rings. The van der Waals surface area contributed by atoms with E-state index in [0.717, 1.165) is 4.90 Å². The van der Waals surface area contributed by atoms with E-state index >= 15 is 0 Å². The Balaban J connectivity index is 1.89. The van der Waals surface area contributed by atoms with Crippen LogP contribution in [0.4, 0.5) is 5.69 Å². The summed E-state index contributed by atoms with van der Waals surface area (Å²) in [5, 5.41) is 10.7. The maximum atomic E-state index is 12.6. The molecule has 0 saturated carbocycles. The zero-order valence-corrected chi connectivity index (χ0v) is 13.8. The first-order valence-corrected chi connectivity index (χ1v) is 7.72. The molecule has 0 spiro atoms. The van der Waals surface area contributed by atoms with Crippen LogP contribution in [0.2, 0.25) is 0 Å². The highest BCUT2D eigenvalue weighted by Crippen LogP contribution is 2.25. The van der Waals surface area contributed by atoms with E-state index in [1.165, 1.54) is 49.6 Å². The molecule has 8 heteroatoms. The molecular formula is C18H14N2O6. The number of methoxy groups -OCH3 is 1. The van der Waals surface area contributed by atoms with Gasteiger partial charge >= 0.3 is 0 Å². The van der Waals surface area contributed by atoms with Gasteiger partial charge in [-0.05, 0) is 24.3 Å². The van der Waals surface area contributed by atoms with Gasteiger partial charge in [0, 0.05) is 30.4 Å². The fourth-order valence-corrected chi connectivity index (χ4v) is 2.72. The summed E-state index contributed by atoms with van der Waals surface area (Å²) in [6.07, 6.45) is 0. The lowest BCUT2D eigenvalue weighted by Crippen LogP contribution is -2.32. The van der Waals surface area contributed by atoms with Crippen molar-refractivity contribution in [1.82, 2.24) is 4.90 Å². The summed E-state index contributed by atoms with van der Waals surface area (Å²) in [6.45, 7) is 0.356. The average molecular weight is 354 g/mol. The van der Waals surface area contributed by atoms with Crippen molar-refractivity contribution in [2.24, 2.45) is 0 Å². The molecule has 8 nitrogen and oxygen atoms in total. The Morgan fingerprint density at radius 1 is 1.04 bits per heavy atom. The number of amides is 2. The van der Waals surface area contributed by atoms with Crippen LogP contribution in [0, 0.1) is 10.1 Å². The third-order valence-electron chi connectivity index (χ3n) is 4.09. The standard InChI is InChI=1S/C18H14N2O6/c1-26-9-8-19-17(22)14-7-4-12(10-15(14)18(19)23)16(21)11-2-5-13(6-3-11)20(24)25/h2-7,10H,8-9H2,1H3. The Labute approximate surface area is 148 Å². The fraction of sp³-hybridized carbons (Fsp3) is 0.167. The lowest BCUT2D eigenvalue weighted by atomic mass is 9.99. The molecule has 0 radical (unpaired) electrons. The minimum atomic E-state index is -0.553. The highest BCUT2D eigenvalue weighted by atomic mass is 16.6. The zero-order chi connectivity index (χ0) is 18.8. The Morgan fingerprint density at radius 2 is 1.65 bits per heavy atom. The number of fused-ring (bicyclic) bond motifs is 1. The van der Waals surface area contributed by atoms with E-state index < -0.39 is 22.5 Å².